The SMILES string of the molecule is O=C(C[C@H]1Cn2cccc2C1=O)Nc1ccc(C(=O)O)cc1. The van der Waals surface area contributed by atoms with Gasteiger partial charge in [-0.2, -0.15) is 0 Å². The minimum Gasteiger partial charge on any atom is -0.478 e. The Morgan fingerprint density at radius 3 is 2.59 bits per heavy atom. The number of aromatic nitrogens is 1. The predicted molar refractivity (Wildman–Crippen MR) is 78.9 cm³/mol. The number of fused-ring (bicyclic) bond motifs is 1. The molecule has 0 unspecified atom stereocenters. The van der Waals surface area contributed by atoms with Crippen LogP contribution in [-0.4, -0.2) is 27.3 Å². The van der Waals surface area contributed by atoms with Crippen LogP contribution in [0.4, 0.5) is 5.69 Å². The molecule has 0 fully saturated rings. The topological polar surface area (TPSA) is 88.4 Å². The van der Waals surface area contributed by atoms with Crippen LogP contribution in [0.1, 0.15) is 27.3 Å². The van der Waals surface area contributed by atoms with Gasteiger partial charge in [-0.15, -0.1) is 0 Å². The van der Waals surface area contributed by atoms with Crippen molar-refractivity contribution in [3.05, 3.63) is 53.9 Å². The van der Waals surface area contributed by atoms with Gasteiger partial charge >= 0.3 is 5.97 Å². The molecule has 2 heterocycles. The fourth-order valence-corrected chi connectivity index (χ4v) is 2.62. The summed E-state index contributed by atoms with van der Waals surface area (Å²) in [4.78, 5) is 34.9. The first-order chi connectivity index (χ1) is 10.5. The maximum absolute atomic E-state index is 12.1. The molecule has 1 aromatic heterocycles. The summed E-state index contributed by atoms with van der Waals surface area (Å²) >= 11 is 0. The second-order valence-electron chi connectivity index (χ2n) is 5.24. The lowest BCUT2D eigenvalue weighted by atomic mass is 10.0. The number of nitrogens with zero attached hydrogens (tertiary/aromatic N) is 1. The van der Waals surface area contributed by atoms with Gasteiger partial charge in [0.1, 0.15) is 0 Å². The lowest BCUT2D eigenvalue weighted by Crippen LogP contribution is -2.20. The number of benzene rings is 1. The van der Waals surface area contributed by atoms with Gasteiger partial charge in [-0.1, -0.05) is 0 Å². The first kappa shape index (κ1) is 14.1. The van der Waals surface area contributed by atoms with E-state index in [4.69, 9.17) is 5.11 Å². The van der Waals surface area contributed by atoms with E-state index in [1.54, 1.807) is 6.07 Å². The van der Waals surface area contributed by atoms with Crippen molar-refractivity contribution >= 4 is 23.3 Å². The molecule has 6 nitrogen and oxygen atoms in total. The highest BCUT2D eigenvalue weighted by Gasteiger charge is 2.31. The number of aromatic carboxylic acids is 1. The number of rotatable bonds is 4. The van der Waals surface area contributed by atoms with Crippen LogP contribution in [0.3, 0.4) is 0 Å². The Kier molecular flexibility index (Phi) is 3.50. The van der Waals surface area contributed by atoms with Crippen LogP contribution < -0.4 is 5.32 Å². The van der Waals surface area contributed by atoms with Crippen molar-refractivity contribution < 1.29 is 19.5 Å². The van der Waals surface area contributed by atoms with Crippen molar-refractivity contribution in [1.29, 1.82) is 0 Å². The Labute approximate surface area is 126 Å². The van der Waals surface area contributed by atoms with Gasteiger partial charge in [0.25, 0.3) is 0 Å². The van der Waals surface area contributed by atoms with Crippen LogP contribution in [0.5, 0.6) is 0 Å². The number of carbonyl (C=O) groups excluding carboxylic acids is 2. The number of nitrogens with one attached hydrogen (secondary N) is 1. The maximum atomic E-state index is 12.1. The van der Waals surface area contributed by atoms with Crippen molar-refractivity contribution in [3.8, 4) is 0 Å². The molecule has 2 N–H and O–H groups in total. The van der Waals surface area contributed by atoms with Gasteiger partial charge in [0.2, 0.25) is 5.91 Å². The van der Waals surface area contributed by atoms with Gasteiger partial charge < -0.3 is 15.0 Å². The zero-order valence-electron chi connectivity index (χ0n) is 11.7. The molecule has 1 aliphatic rings. The summed E-state index contributed by atoms with van der Waals surface area (Å²) in [5, 5.41) is 11.5. The summed E-state index contributed by atoms with van der Waals surface area (Å²) in [7, 11) is 0. The lowest BCUT2D eigenvalue weighted by Gasteiger charge is -2.09. The van der Waals surface area contributed by atoms with E-state index in [1.807, 2.05) is 16.8 Å². The minimum atomic E-state index is -1.02. The van der Waals surface area contributed by atoms with Gasteiger partial charge in [-0.25, -0.2) is 4.79 Å². The van der Waals surface area contributed by atoms with Crippen molar-refractivity contribution in [2.45, 2.75) is 13.0 Å². The molecule has 112 valence electrons. The fourth-order valence-electron chi connectivity index (χ4n) is 2.62. The van der Waals surface area contributed by atoms with E-state index in [0.29, 0.717) is 17.9 Å². The number of carboxylic acids is 1. The summed E-state index contributed by atoms with van der Waals surface area (Å²) in [5.41, 5.74) is 1.31. The summed E-state index contributed by atoms with van der Waals surface area (Å²) in [6.45, 7) is 0.520. The maximum Gasteiger partial charge on any atom is 0.335 e. The van der Waals surface area contributed by atoms with Crippen LogP contribution >= 0.6 is 0 Å². The van der Waals surface area contributed by atoms with E-state index in [1.165, 1.54) is 24.3 Å². The molecule has 0 spiro atoms. The molecule has 0 aliphatic carbocycles. The molecule has 22 heavy (non-hydrogen) atoms. The van der Waals surface area contributed by atoms with E-state index >= 15 is 0 Å². The van der Waals surface area contributed by atoms with Gasteiger partial charge in [-0.05, 0) is 36.4 Å². The van der Waals surface area contributed by atoms with Crippen molar-refractivity contribution in [3.63, 3.8) is 0 Å². The number of hydrogen-bond acceptors (Lipinski definition) is 3. The Balaban J connectivity index is 1.60. The molecule has 0 saturated carbocycles. The quantitative estimate of drug-likeness (QED) is 0.904. The molecule has 0 bridgehead atoms. The predicted octanol–water partition coefficient (Wildman–Crippen LogP) is 2.03. The molecular weight excluding hydrogens is 284 g/mol. The Hall–Kier alpha value is -2.89. The highest BCUT2D eigenvalue weighted by Crippen LogP contribution is 2.24. The number of carboxylic acid groups (broad SMARTS) is 1. The molecular formula is C16H14N2O4. The highest BCUT2D eigenvalue weighted by atomic mass is 16.4. The number of ketones is 1. The number of carbonyl (C=O) groups is 3. The normalized spacial score (nSPS) is 16.4. The number of anilines is 1. The monoisotopic (exact) mass is 298 g/mol. The van der Waals surface area contributed by atoms with Gasteiger partial charge in [-0.3, -0.25) is 9.59 Å². The average Bonchev–Trinajstić information content (AvgIpc) is 3.04. The van der Waals surface area contributed by atoms with Gasteiger partial charge in [0.05, 0.1) is 17.2 Å². The Morgan fingerprint density at radius 1 is 1.23 bits per heavy atom. The average molecular weight is 298 g/mol. The molecule has 1 aromatic carbocycles. The van der Waals surface area contributed by atoms with Crippen LogP contribution in [-0.2, 0) is 11.3 Å². The first-order valence-corrected chi connectivity index (χ1v) is 6.87. The molecule has 3 rings (SSSR count). The third-order valence-electron chi connectivity index (χ3n) is 3.72. The third kappa shape index (κ3) is 2.63. The molecule has 1 aliphatic heterocycles. The van der Waals surface area contributed by atoms with Crippen molar-refractivity contribution in [1.82, 2.24) is 4.57 Å². The van der Waals surface area contributed by atoms with Crippen LogP contribution in [0.25, 0.3) is 0 Å². The standard InChI is InChI=1S/C16H14N2O4/c19-14(17-12-5-3-10(4-6-12)16(21)22)8-11-9-18-7-1-2-13(18)15(11)20/h1-7,11H,8-9H2,(H,17,19)(H,21,22)/t11-/m0/s1. The molecule has 1 atom stereocenters. The van der Waals surface area contributed by atoms with E-state index in [9.17, 15) is 14.4 Å². The molecule has 0 saturated heterocycles. The molecule has 0 radical (unpaired) electrons. The largest absolute Gasteiger partial charge is 0.478 e. The Morgan fingerprint density at radius 2 is 1.95 bits per heavy atom. The fraction of sp³-hybridized carbons (Fsp3) is 0.188. The van der Waals surface area contributed by atoms with E-state index in [-0.39, 0.29) is 29.6 Å². The van der Waals surface area contributed by atoms with Gasteiger partial charge in [0.15, 0.2) is 5.78 Å². The second-order valence-corrected chi connectivity index (χ2v) is 5.24. The number of Topliss-reactive ketones (excluding diaryl/α,β-unsaturated/α-hetero) is 1. The van der Waals surface area contributed by atoms with Crippen LogP contribution in [0.2, 0.25) is 0 Å². The molecule has 6 heteroatoms. The molecule has 2 aromatic rings. The summed E-state index contributed by atoms with van der Waals surface area (Å²) in [6.07, 6.45) is 1.94. The number of hydrogen-bond donors (Lipinski definition) is 2. The minimum absolute atomic E-state index is 0.0126. The van der Waals surface area contributed by atoms with E-state index in [2.05, 4.69) is 5.32 Å². The van der Waals surface area contributed by atoms with Gasteiger partial charge in [0, 0.05) is 24.8 Å². The van der Waals surface area contributed by atoms with Crippen molar-refractivity contribution in [2.75, 3.05) is 5.32 Å². The lowest BCUT2D eigenvalue weighted by molar-refractivity contribution is -0.116. The first-order valence-electron chi connectivity index (χ1n) is 6.87. The zero-order valence-corrected chi connectivity index (χ0v) is 11.7. The molecule has 1 amide bonds. The van der Waals surface area contributed by atoms with E-state index < -0.39 is 5.97 Å². The third-order valence-corrected chi connectivity index (χ3v) is 3.72. The highest BCUT2D eigenvalue weighted by molar-refractivity contribution is 6.02. The van der Waals surface area contributed by atoms with E-state index in [0.717, 1.165) is 0 Å². The summed E-state index contributed by atoms with van der Waals surface area (Å²) < 4.78 is 1.85. The smallest absolute Gasteiger partial charge is 0.335 e. The van der Waals surface area contributed by atoms with Crippen LogP contribution in [0, 0.1) is 5.92 Å². The summed E-state index contributed by atoms with van der Waals surface area (Å²) in [5.74, 6) is -1.63. The summed E-state index contributed by atoms with van der Waals surface area (Å²) in [6, 6.07) is 9.47. The van der Waals surface area contributed by atoms with Crippen molar-refractivity contribution in [2.24, 2.45) is 5.92 Å². The zero-order chi connectivity index (χ0) is 15.7. The second kappa shape index (κ2) is 5.48. The van der Waals surface area contributed by atoms with Crippen LogP contribution in [0.15, 0.2) is 42.6 Å². The number of amides is 1. The Bertz CT molecular complexity index is 746.